The van der Waals surface area contributed by atoms with Gasteiger partial charge in [0.15, 0.2) is 0 Å². The van der Waals surface area contributed by atoms with Crippen LogP contribution in [0, 0.1) is 5.41 Å². The molecule has 0 atom stereocenters. The Morgan fingerprint density at radius 2 is 1.69 bits per heavy atom. The van der Waals surface area contributed by atoms with Crippen molar-refractivity contribution in [3.63, 3.8) is 0 Å². The Labute approximate surface area is 173 Å². The summed E-state index contributed by atoms with van der Waals surface area (Å²) >= 11 is 0. The summed E-state index contributed by atoms with van der Waals surface area (Å²) < 4.78 is 2.41. The molecule has 150 valence electrons. The van der Waals surface area contributed by atoms with Crippen molar-refractivity contribution in [2.75, 3.05) is 11.9 Å². The van der Waals surface area contributed by atoms with E-state index >= 15 is 0 Å². The zero-order valence-electron chi connectivity index (χ0n) is 18.0. The van der Waals surface area contributed by atoms with Crippen LogP contribution in [-0.2, 0) is 6.54 Å². The minimum atomic E-state index is 0.214. The predicted molar refractivity (Wildman–Crippen MR) is 126 cm³/mol. The second-order valence-corrected chi connectivity index (χ2v) is 9.05. The van der Waals surface area contributed by atoms with Gasteiger partial charge in [0.2, 0.25) is 0 Å². The summed E-state index contributed by atoms with van der Waals surface area (Å²) in [7, 11) is 0. The molecule has 3 nitrogen and oxygen atoms in total. The molecule has 4 rings (SSSR count). The Bertz CT molecular complexity index is 1130. The average Bonchev–Trinajstić information content (AvgIpc) is 3.08. The number of nitrogens with one attached hydrogen (secondary N) is 1. The number of nitrogens with zero attached hydrogens (tertiary/aromatic N) is 2. The van der Waals surface area contributed by atoms with Crippen molar-refractivity contribution in [3.05, 3.63) is 60.7 Å². The number of unbranched alkanes of at least 4 members (excludes halogenated alkanes) is 1. The van der Waals surface area contributed by atoms with Gasteiger partial charge in [0.25, 0.3) is 0 Å². The molecule has 0 fully saturated rings. The Hall–Kier alpha value is -2.81. The first-order chi connectivity index (χ1) is 14.0. The summed E-state index contributed by atoms with van der Waals surface area (Å²) in [6.07, 6.45) is 2.31. The lowest BCUT2D eigenvalue weighted by Gasteiger charge is -2.19. The molecular formula is C26H31N3. The molecule has 0 radical (unpaired) electrons. The molecule has 0 amide bonds. The summed E-state index contributed by atoms with van der Waals surface area (Å²) in [4.78, 5) is 5.19. The van der Waals surface area contributed by atoms with Gasteiger partial charge in [-0.2, -0.15) is 0 Å². The summed E-state index contributed by atoms with van der Waals surface area (Å²) in [5.74, 6) is 1.07. The van der Waals surface area contributed by atoms with Crippen LogP contribution in [0.25, 0.3) is 33.2 Å². The molecule has 0 aliphatic heterocycles. The number of rotatable bonds is 6. The number of fused-ring (bicyclic) bond motifs is 2. The predicted octanol–water partition coefficient (Wildman–Crippen LogP) is 7.11. The third-order valence-electron chi connectivity index (χ3n) is 5.35. The molecule has 0 saturated carbocycles. The van der Waals surface area contributed by atoms with Crippen LogP contribution in [-0.4, -0.2) is 16.1 Å². The van der Waals surface area contributed by atoms with Crippen LogP contribution in [0.4, 0.5) is 5.69 Å². The zero-order chi connectivity index (χ0) is 20.4. The van der Waals surface area contributed by atoms with E-state index in [1.807, 2.05) is 0 Å². The quantitative estimate of drug-likeness (QED) is 0.383. The lowest BCUT2D eigenvalue weighted by Crippen LogP contribution is -2.19. The molecule has 4 aromatic rings. The number of hydrogen-bond acceptors (Lipinski definition) is 2. The Kier molecular flexibility index (Phi) is 5.31. The molecule has 3 heteroatoms. The maximum absolute atomic E-state index is 5.19. The minimum Gasteiger partial charge on any atom is -0.383 e. The second-order valence-electron chi connectivity index (χ2n) is 9.05. The van der Waals surface area contributed by atoms with Crippen LogP contribution in [0.15, 0.2) is 60.7 Å². The zero-order valence-corrected chi connectivity index (χ0v) is 18.0. The standard InChI is InChI=1S/C26H31N3/c1-5-6-17-29-23-16-10-15-22(27-18-26(2,3)4)24(23)28-25(29)21-14-9-12-19-11-7-8-13-20(19)21/h7-16,27H,5-6,17-18H2,1-4H3. The molecule has 1 heterocycles. The van der Waals surface area contributed by atoms with E-state index in [2.05, 4.69) is 98.2 Å². The van der Waals surface area contributed by atoms with E-state index in [-0.39, 0.29) is 5.41 Å². The number of benzene rings is 3. The molecule has 0 aliphatic carbocycles. The van der Waals surface area contributed by atoms with Crippen LogP contribution in [0.2, 0.25) is 0 Å². The lowest BCUT2D eigenvalue weighted by molar-refractivity contribution is 0.443. The largest absolute Gasteiger partial charge is 0.383 e. The fraction of sp³-hybridized carbons (Fsp3) is 0.346. The van der Waals surface area contributed by atoms with Gasteiger partial charge in [-0.25, -0.2) is 4.98 Å². The molecule has 0 aliphatic rings. The van der Waals surface area contributed by atoms with Crippen LogP contribution >= 0.6 is 0 Å². The van der Waals surface area contributed by atoms with Gasteiger partial charge in [-0.1, -0.05) is 82.6 Å². The maximum Gasteiger partial charge on any atom is 0.141 e. The molecule has 1 N–H and O–H groups in total. The molecular weight excluding hydrogens is 354 g/mol. The molecule has 0 bridgehead atoms. The van der Waals surface area contributed by atoms with Crippen molar-refractivity contribution >= 4 is 27.5 Å². The average molecular weight is 386 g/mol. The van der Waals surface area contributed by atoms with Gasteiger partial charge in [0, 0.05) is 18.7 Å². The first-order valence-electron chi connectivity index (χ1n) is 10.7. The van der Waals surface area contributed by atoms with E-state index in [0.717, 1.165) is 43.0 Å². The van der Waals surface area contributed by atoms with Crippen LogP contribution < -0.4 is 5.32 Å². The van der Waals surface area contributed by atoms with E-state index in [1.54, 1.807) is 0 Å². The van der Waals surface area contributed by atoms with E-state index in [9.17, 15) is 0 Å². The molecule has 1 aromatic heterocycles. The van der Waals surface area contributed by atoms with Gasteiger partial charge >= 0.3 is 0 Å². The number of aromatic nitrogens is 2. The molecule has 3 aromatic carbocycles. The Balaban J connectivity index is 1.90. The lowest BCUT2D eigenvalue weighted by atomic mass is 9.97. The number of imidazole rings is 1. The first kappa shape index (κ1) is 19.5. The van der Waals surface area contributed by atoms with E-state index < -0.39 is 0 Å². The summed E-state index contributed by atoms with van der Waals surface area (Å²) in [5.41, 5.74) is 4.81. The SMILES string of the molecule is CCCCn1c(-c2cccc3ccccc23)nc2c(NCC(C)(C)C)cccc21. The van der Waals surface area contributed by atoms with Crippen LogP contribution in [0.3, 0.4) is 0 Å². The minimum absolute atomic E-state index is 0.214. The van der Waals surface area contributed by atoms with Gasteiger partial charge in [-0.05, 0) is 34.7 Å². The highest BCUT2D eigenvalue weighted by Crippen LogP contribution is 2.33. The van der Waals surface area contributed by atoms with Gasteiger partial charge in [-0.3, -0.25) is 0 Å². The monoisotopic (exact) mass is 385 g/mol. The smallest absolute Gasteiger partial charge is 0.141 e. The van der Waals surface area contributed by atoms with Gasteiger partial charge < -0.3 is 9.88 Å². The van der Waals surface area contributed by atoms with Gasteiger partial charge in [-0.15, -0.1) is 0 Å². The van der Waals surface area contributed by atoms with Crippen molar-refractivity contribution in [1.29, 1.82) is 0 Å². The van der Waals surface area contributed by atoms with Crippen molar-refractivity contribution in [3.8, 4) is 11.4 Å². The van der Waals surface area contributed by atoms with Crippen LogP contribution in [0.5, 0.6) is 0 Å². The van der Waals surface area contributed by atoms with E-state index in [4.69, 9.17) is 4.98 Å². The van der Waals surface area contributed by atoms with E-state index in [1.165, 1.54) is 21.9 Å². The molecule has 0 unspecified atom stereocenters. The molecule has 29 heavy (non-hydrogen) atoms. The highest BCUT2D eigenvalue weighted by Gasteiger charge is 2.18. The van der Waals surface area contributed by atoms with Gasteiger partial charge in [0.05, 0.1) is 11.2 Å². The van der Waals surface area contributed by atoms with Crippen molar-refractivity contribution < 1.29 is 0 Å². The van der Waals surface area contributed by atoms with Crippen LogP contribution in [0.1, 0.15) is 40.5 Å². The molecule has 0 saturated heterocycles. The fourth-order valence-electron chi connectivity index (χ4n) is 3.82. The number of aryl methyl sites for hydroxylation is 1. The van der Waals surface area contributed by atoms with Crippen molar-refractivity contribution in [1.82, 2.24) is 9.55 Å². The Morgan fingerprint density at radius 1 is 0.931 bits per heavy atom. The normalized spacial score (nSPS) is 12.0. The third kappa shape index (κ3) is 4.00. The summed E-state index contributed by atoms with van der Waals surface area (Å²) in [5, 5.41) is 6.15. The van der Waals surface area contributed by atoms with E-state index in [0.29, 0.717) is 0 Å². The number of hydrogen-bond donors (Lipinski definition) is 1. The van der Waals surface area contributed by atoms with Crippen molar-refractivity contribution in [2.45, 2.75) is 47.1 Å². The highest BCUT2D eigenvalue weighted by molar-refractivity contribution is 5.98. The third-order valence-corrected chi connectivity index (χ3v) is 5.35. The first-order valence-corrected chi connectivity index (χ1v) is 10.7. The summed E-state index contributed by atoms with van der Waals surface area (Å²) in [6.45, 7) is 10.9. The second kappa shape index (κ2) is 7.90. The van der Waals surface area contributed by atoms with Gasteiger partial charge in [0.1, 0.15) is 11.3 Å². The Morgan fingerprint density at radius 3 is 2.48 bits per heavy atom. The number of anilines is 1. The maximum atomic E-state index is 5.19. The topological polar surface area (TPSA) is 29.9 Å². The summed E-state index contributed by atoms with van der Waals surface area (Å²) in [6, 6.07) is 21.6. The molecule has 0 spiro atoms. The number of para-hydroxylation sites is 1. The van der Waals surface area contributed by atoms with Crippen molar-refractivity contribution in [2.24, 2.45) is 5.41 Å². The fourth-order valence-corrected chi connectivity index (χ4v) is 3.82. The highest BCUT2D eigenvalue weighted by atomic mass is 15.1.